The van der Waals surface area contributed by atoms with Crippen molar-refractivity contribution in [1.29, 1.82) is 5.26 Å². The predicted octanol–water partition coefficient (Wildman–Crippen LogP) is 2.42. The third-order valence-electron chi connectivity index (χ3n) is 2.71. The van der Waals surface area contributed by atoms with Gasteiger partial charge in [-0.2, -0.15) is 10.4 Å². The Bertz CT molecular complexity index is 571. The van der Waals surface area contributed by atoms with Crippen molar-refractivity contribution in [1.82, 2.24) is 9.78 Å². The maximum atomic E-state index is 8.55. The second-order valence-electron chi connectivity index (χ2n) is 3.99. The van der Waals surface area contributed by atoms with Gasteiger partial charge in [0.1, 0.15) is 11.8 Å². The topological polar surface area (TPSA) is 62.9 Å². The Morgan fingerprint density at radius 1 is 1.42 bits per heavy atom. The average Bonchev–Trinajstić information content (AvgIpc) is 2.91. The molecule has 2 rings (SSSR count). The minimum atomic E-state index is 0.0603. The number of aryl methyl sites for hydroxylation is 1. The van der Waals surface area contributed by atoms with Gasteiger partial charge in [0.2, 0.25) is 0 Å². The first-order valence-electron chi connectivity index (χ1n) is 6.17. The molecule has 5 heteroatoms. The van der Waals surface area contributed by atoms with Gasteiger partial charge < -0.3 is 10.1 Å². The summed E-state index contributed by atoms with van der Waals surface area (Å²) < 4.78 is 7.24. The summed E-state index contributed by atoms with van der Waals surface area (Å²) in [5.74, 6) is 0.736. The molecule has 0 saturated carbocycles. The third kappa shape index (κ3) is 3.49. The third-order valence-corrected chi connectivity index (χ3v) is 2.71. The van der Waals surface area contributed by atoms with E-state index in [4.69, 9.17) is 10.00 Å². The molecule has 2 aromatic rings. The van der Waals surface area contributed by atoms with Crippen LogP contribution >= 0.6 is 0 Å². The minimum Gasteiger partial charge on any atom is -0.478 e. The van der Waals surface area contributed by atoms with Crippen molar-refractivity contribution in [3.05, 3.63) is 42.2 Å². The van der Waals surface area contributed by atoms with Crippen LogP contribution in [0.3, 0.4) is 0 Å². The molecule has 19 heavy (non-hydrogen) atoms. The summed E-state index contributed by atoms with van der Waals surface area (Å²) in [6, 6.07) is 9.66. The molecular weight excluding hydrogens is 240 g/mol. The monoisotopic (exact) mass is 256 g/mol. The molecule has 0 saturated heterocycles. The standard InChI is InChI=1S/C14H16N4O/c1-2-18-11-13(10-17-18)16-9-12-5-3-4-6-14(12)19-8-7-15/h3-6,10-11,16H,2,8-9H2,1H3. The van der Waals surface area contributed by atoms with E-state index in [1.165, 1.54) is 0 Å². The molecule has 0 atom stereocenters. The van der Waals surface area contributed by atoms with E-state index in [-0.39, 0.29) is 6.61 Å². The normalized spacial score (nSPS) is 9.89. The maximum Gasteiger partial charge on any atom is 0.174 e. The number of anilines is 1. The molecule has 98 valence electrons. The second-order valence-corrected chi connectivity index (χ2v) is 3.99. The number of nitriles is 1. The summed E-state index contributed by atoms with van der Waals surface area (Å²) in [5, 5.41) is 16.0. The lowest BCUT2D eigenvalue weighted by Gasteiger charge is -2.09. The van der Waals surface area contributed by atoms with E-state index in [9.17, 15) is 0 Å². The van der Waals surface area contributed by atoms with Gasteiger partial charge in [0.15, 0.2) is 6.61 Å². The van der Waals surface area contributed by atoms with E-state index in [0.717, 1.165) is 23.5 Å². The van der Waals surface area contributed by atoms with Gasteiger partial charge in [-0.25, -0.2) is 0 Å². The van der Waals surface area contributed by atoms with Gasteiger partial charge in [-0.05, 0) is 13.0 Å². The molecule has 0 bridgehead atoms. The molecule has 1 aromatic carbocycles. The van der Waals surface area contributed by atoms with E-state index in [2.05, 4.69) is 10.4 Å². The zero-order valence-electron chi connectivity index (χ0n) is 10.8. The first kappa shape index (κ1) is 13.0. The Balaban J connectivity index is 2.00. The Morgan fingerprint density at radius 2 is 2.26 bits per heavy atom. The first-order valence-corrected chi connectivity index (χ1v) is 6.17. The lowest BCUT2D eigenvalue weighted by molar-refractivity contribution is 0.364. The molecule has 0 radical (unpaired) electrons. The number of benzene rings is 1. The molecule has 1 heterocycles. The van der Waals surface area contributed by atoms with Crippen molar-refractivity contribution < 1.29 is 4.74 Å². The van der Waals surface area contributed by atoms with Crippen molar-refractivity contribution in [3.63, 3.8) is 0 Å². The largest absolute Gasteiger partial charge is 0.478 e. The van der Waals surface area contributed by atoms with Gasteiger partial charge in [0, 0.05) is 24.8 Å². The number of hydrogen-bond donors (Lipinski definition) is 1. The molecule has 0 aliphatic rings. The SMILES string of the molecule is CCn1cc(NCc2ccccc2OCC#N)cn1. The number of hydrogen-bond acceptors (Lipinski definition) is 4. The van der Waals surface area contributed by atoms with E-state index in [1.54, 1.807) is 6.20 Å². The number of ether oxygens (including phenoxy) is 1. The van der Waals surface area contributed by atoms with E-state index >= 15 is 0 Å². The zero-order valence-corrected chi connectivity index (χ0v) is 10.8. The fourth-order valence-corrected chi connectivity index (χ4v) is 1.73. The predicted molar refractivity (Wildman–Crippen MR) is 72.8 cm³/mol. The van der Waals surface area contributed by atoms with Crippen LogP contribution in [-0.4, -0.2) is 16.4 Å². The molecule has 0 amide bonds. The van der Waals surface area contributed by atoms with Crippen LogP contribution in [-0.2, 0) is 13.1 Å². The molecule has 0 unspecified atom stereocenters. The maximum absolute atomic E-state index is 8.55. The summed E-state index contributed by atoms with van der Waals surface area (Å²) in [7, 11) is 0. The zero-order chi connectivity index (χ0) is 13.5. The number of rotatable bonds is 6. The number of para-hydroxylation sites is 1. The van der Waals surface area contributed by atoms with Gasteiger partial charge in [-0.3, -0.25) is 4.68 Å². The summed E-state index contributed by atoms with van der Waals surface area (Å²) in [5.41, 5.74) is 1.99. The summed E-state index contributed by atoms with van der Waals surface area (Å²) in [4.78, 5) is 0. The van der Waals surface area contributed by atoms with Gasteiger partial charge in [-0.1, -0.05) is 18.2 Å². The van der Waals surface area contributed by atoms with Gasteiger partial charge in [0.05, 0.1) is 11.9 Å². The Hall–Kier alpha value is -2.48. The smallest absolute Gasteiger partial charge is 0.174 e. The molecule has 0 aliphatic heterocycles. The molecule has 0 fully saturated rings. The first-order chi connectivity index (χ1) is 9.33. The summed E-state index contributed by atoms with van der Waals surface area (Å²) in [6.45, 7) is 3.59. The van der Waals surface area contributed by atoms with Crippen LogP contribution in [0.2, 0.25) is 0 Å². The molecule has 1 aromatic heterocycles. The Kier molecular flexibility index (Phi) is 4.40. The number of aromatic nitrogens is 2. The molecular formula is C14H16N4O. The lowest BCUT2D eigenvalue weighted by Crippen LogP contribution is -2.03. The quantitative estimate of drug-likeness (QED) is 0.862. The highest BCUT2D eigenvalue weighted by Crippen LogP contribution is 2.19. The van der Waals surface area contributed by atoms with Crippen LogP contribution in [0, 0.1) is 11.3 Å². The Morgan fingerprint density at radius 3 is 3.00 bits per heavy atom. The summed E-state index contributed by atoms with van der Waals surface area (Å²) >= 11 is 0. The Labute approximate surface area is 112 Å². The van der Waals surface area contributed by atoms with Crippen LogP contribution in [0.4, 0.5) is 5.69 Å². The van der Waals surface area contributed by atoms with Crippen LogP contribution in [0.25, 0.3) is 0 Å². The highest BCUT2D eigenvalue weighted by Gasteiger charge is 2.03. The van der Waals surface area contributed by atoms with Crippen molar-refractivity contribution in [3.8, 4) is 11.8 Å². The summed E-state index contributed by atoms with van der Waals surface area (Å²) in [6.07, 6.45) is 3.75. The van der Waals surface area contributed by atoms with Crippen LogP contribution in [0.1, 0.15) is 12.5 Å². The molecule has 0 spiro atoms. The fraction of sp³-hybridized carbons (Fsp3) is 0.286. The van der Waals surface area contributed by atoms with Crippen LogP contribution in [0.5, 0.6) is 5.75 Å². The lowest BCUT2D eigenvalue weighted by atomic mass is 10.2. The van der Waals surface area contributed by atoms with Crippen molar-refractivity contribution in [2.24, 2.45) is 0 Å². The second kappa shape index (κ2) is 6.45. The molecule has 5 nitrogen and oxygen atoms in total. The molecule has 0 aliphatic carbocycles. The van der Waals surface area contributed by atoms with Crippen LogP contribution in [0.15, 0.2) is 36.7 Å². The van der Waals surface area contributed by atoms with Crippen molar-refractivity contribution in [2.45, 2.75) is 20.0 Å². The van der Waals surface area contributed by atoms with Crippen LogP contribution < -0.4 is 10.1 Å². The van der Waals surface area contributed by atoms with Gasteiger partial charge in [-0.15, -0.1) is 0 Å². The van der Waals surface area contributed by atoms with Gasteiger partial charge >= 0.3 is 0 Å². The van der Waals surface area contributed by atoms with E-state index < -0.39 is 0 Å². The van der Waals surface area contributed by atoms with Crippen molar-refractivity contribution >= 4 is 5.69 Å². The number of nitrogens with one attached hydrogen (secondary N) is 1. The highest BCUT2D eigenvalue weighted by atomic mass is 16.5. The number of nitrogens with zero attached hydrogens (tertiary/aromatic N) is 3. The van der Waals surface area contributed by atoms with Gasteiger partial charge in [0.25, 0.3) is 0 Å². The van der Waals surface area contributed by atoms with E-state index in [0.29, 0.717) is 6.54 Å². The highest BCUT2D eigenvalue weighted by molar-refractivity contribution is 5.42. The van der Waals surface area contributed by atoms with E-state index in [1.807, 2.05) is 48.1 Å². The minimum absolute atomic E-state index is 0.0603. The fourth-order valence-electron chi connectivity index (χ4n) is 1.73. The molecule has 1 N–H and O–H groups in total. The average molecular weight is 256 g/mol. The van der Waals surface area contributed by atoms with Crippen molar-refractivity contribution in [2.75, 3.05) is 11.9 Å².